The maximum atomic E-state index is 14.1. The number of amides is 3. The predicted octanol–water partition coefficient (Wildman–Crippen LogP) is 2.46. The molecule has 0 saturated carbocycles. The summed E-state index contributed by atoms with van der Waals surface area (Å²) in [6.07, 6.45) is 0. The quantitative estimate of drug-likeness (QED) is 0.220. The molecule has 5 rings (SSSR count). The number of carbonyl (C=O) groups excluding carboxylic acids is 3. The summed E-state index contributed by atoms with van der Waals surface area (Å²) in [5.41, 5.74) is 0.747. The van der Waals surface area contributed by atoms with Gasteiger partial charge < -0.3 is 20.5 Å². The maximum Gasteiger partial charge on any atom is 0.394 e. The fraction of sp³-hybridized carbons (Fsp3) is 0.136. The third-order valence-electron chi connectivity index (χ3n) is 5.41. The van der Waals surface area contributed by atoms with Crippen LogP contribution in [0.15, 0.2) is 42.5 Å². The lowest BCUT2D eigenvalue weighted by molar-refractivity contribution is -0.123. The number of hydrogen-bond donors (Lipinski definition) is 5. The van der Waals surface area contributed by atoms with E-state index >= 15 is 0 Å². The summed E-state index contributed by atoms with van der Waals surface area (Å²) >= 11 is 7.50. The fourth-order valence-electron chi connectivity index (χ4n) is 3.89. The van der Waals surface area contributed by atoms with Gasteiger partial charge in [0.15, 0.2) is 5.82 Å². The van der Waals surface area contributed by atoms with Crippen molar-refractivity contribution in [2.75, 3.05) is 12.4 Å². The van der Waals surface area contributed by atoms with E-state index in [4.69, 9.17) is 29.1 Å². The van der Waals surface area contributed by atoms with E-state index < -0.39 is 40.0 Å². The zero-order valence-electron chi connectivity index (χ0n) is 19.7. The molecular formula is C22H18ClFN6O7S2. The third kappa shape index (κ3) is 6.21. The van der Waals surface area contributed by atoms with Gasteiger partial charge in [-0.05, 0) is 35.8 Å². The van der Waals surface area contributed by atoms with Crippen LogP contribution in [0.1, 0.15) is 38.4 Å². The molecule has 0 spiro atoms. The minimum Gasteiger partial charge on any atom is -0.352 e. The molecule has 4 aromatic rings. The van der Waals surface area contributed by atoms with Crippen molar-refractivity contribution in [2.45, 2.75) is 12.6 Å². The molecule has 39 heavy (non-hydrogen) atoms. The topological polar surface area (TPSA) is 193 Å². The largest absolute Gasteiger partial charge is 0.394 e. The van der Waals surface area contributed by atoms with E-state index in [1.165, 1.54) is 41.3 Å². The lowest BCUT2D eigenvalue weighted by Gasteiger charge is -2.28. The second-order valence-corrected chi connectivity index (χ2v) is 10.0. The highest BCUT2D eigenvalue weighted by atomic mass is 35.5. The lowest BCUT2D eigenvalue weighted by atomic mass is 10.0. The molecule has 0 bridgehead atoms. The van der Waals surface area contributed by atoms with Gasteiger partial charge in [0, 0.05) is 23.0 Å². The van der Waals surface area contributed by atoms with Gasteiger partial charge in [-0.3, -0.25) is 23.5 Å². The van der Waals surface area contributed by atoms with Crippen LogP contribution < -0.4 is 16.0 Å². The van der Waals surface area contributed by atoms with E-state index in [-0.39, 0.29) is 34.5 Å². The molecule has 2 aromatic heterocycles. The summed E-state index contributed by atoms with van der Waals surface area (Å²) in [6, 6.07) is 10.1. The molecule has 2 aromatic carbocycles. The number of imidazole rings is 1. The van der Waals surface area contributed by atoms with Crippen molar-refractivity contribution < 1.29 is 36.3 Å². The second-order valence-electron chi connectivity index (χ2n) is 7.93. The first-order valence-corrected chi connectivity index (χ1v) is 13.3. The number of hydrogen-bond acceptors (Lipinski definition) is 8. The highest BCUT2D eigenvalue weighted by Gasteiger charge is 2.36. The number of nitrogens with one attached hydrogen (secondary N) is 3. The van der Waals surface area contributed by atoms with Gasteiger partial charge in [-0.15, -0.1) is 0 Å². The van der Waals surface area contributed by atoms with Crippen LogP contribution in [0.2, 0.25) is 5.02 Å². The first-order valence-electron chi connectivity index (χ1n) is 10.8. The lowest BCUT2D eigenvalue weighted by Crippen LogP contribution is -2.41. The van der Waals surface area contributed by atoms with Crippen molar-refractivity contribution in [1.29, 1.82) is 0 Å². The first kappa shape index (κ1) is 28.1. The average molecular weight is 597 g/mol. The number of halogens is 2. The minimum atomic E-state index is -4.67. The first-order chi connectivity index (χ1) is 18.4. The Balaban J connectivity index is 0.000000648. The molecular weight excluding hydrogens is 579 g/mol. The van der Waals surface area contributed by atoms with E-state index in [0.29, 0.717) is 11.1 Å². The predicted molar refractivity (Wildman–Crippen MR) is 139 cm³/mol. The van der Waals surface area contributed by atoms with Gasteiger partial charge in [-0.2, -0.15) is 12.8 Å². The molecule has 3 heterocycles. The summed E-state index contributed by atoms with van der Waals surface area (Å²) in [4.78, 5) is 42.5. The summed E-state index contributed by atoms with van der Waals surface area (Å²) in [5.74, 6) is -2.13. The molecule has 1 atom stereocenters. The van der Waals surface area contributed by atoms with E-state index in [9.17, 15) is 18.8 Å². The number of nitrogens with zero attached hydrogens (tertiary/aromatic N) is 3. The van der Waals surface area contributed by atoms with Gasteiger partial charge >= 0.3 is 10.4 Å². The summed E-state index contributed by atoms with van der Waals surface area (Å²) in [6.45, 7) is -0.218. The monoisotopic (exact) mass is 596 g/mol. The van der Waals surface area contributed by atoms with Crippen LogP contribution >= 0.6 is 23.1 Å². The molecule has 0 radical (unpaired) electrons. The van der Waals surface area contributed by atoms with Crippen molar-refractivity contribution in [2.24, 2.45) is 0 Å². The van der Waals surface area contributed by atoms with Gasteiger partial charge in [-0.1, -0.05) is 29.8 Å². The Kier molecular flexibility index (Phi) is 7.94. The van der Waals surface area contributed by atoms with Crippen molar-refractivity contribution >= 4 is 67.2 Å². The van der Waals surface area contributed by atoms with Crippen LogP contribution in [-0.2, 0) is 21.7 Å². The zero-order valence-corrected chi connectivity index (χ0v) is 22.1. The van der Waals surface area contributed by atoms with Crippen LogP contribution in [0.4, 0.5) is 10.2 Å². The van der Waals surface area contributed by atoms with Gasteiger partial charge in [-0.25, -0.2) is 9.37 Å². The number of carbonyl (C=O) groups is 3. The highest BCUT2D eigenvalue weighted by Crippen LogP contribution is 2.36. The number of rotatable bonds is 4. The van der Waals surface area contributed by atoms with Crippen LogP contribution in [0.25, 0.3) is 10.1 Å². The van der Waals surface area contributed by atoms with E-state index in [1.54, 1.807) is 12.1 Å². The van der Waals surface area contributed by atoms with Crippen molar-refractivity contribution in [3.63, 3.8) is 0 Å². The maximum absolute atomic E-state index is 14.1. The van der Waals surface area contributed by atoms with Gasteiger partial charge in [0.1, 0.15) is 18.1 Å². The third-order valence-corrected chi connectivity index (χ3v) is 6.58. The highest BCUT2D eigenvalue weighted by molar-refractivity contribution is 7.79. The molecule has 1 aliphatic rings. The Morgan fingerprint density at radius 2 is 1.90 bits per heavy atom. The number of anilines is 1. The van der Waals surface area contributed by atoms with Crippen LogP contribution in [0.5, 0.6) is 0 Å². The normalized spacial score (nSPS) is 14.6. The fourth-order valence-corrected chi connectivity index (χ4v) is 4.89. The number of aromatic nitrogens is 3. The van der Waals surface area contributed by atoms with Crippen LogP contribution in [0, 0.1) is 5.82 Å². The molecule has 0 unspecified atom stereocenters. The zero-order chi connectivity index (χ0) is 28.5. The van der Waals surface area contributed by atoms with Crippen molar-refractivity contribution in [3.8, 4) is 0 Å². The molecule has 3 amide bonds. The Morgan fingerprint density at radius 1 is 1.21 bits per heavy atom. The van der Waals surface area contributed by atoms with E-state index in [1.807, 2.05) is 12.1 Å². The molecule has 204 valence electrons. The van der Waals surface area contributed by atoms with Crippen LogP contribution in [0.3, 0.4) is 0 Å². The molecule has 17 heteroatoms. The SMILES string of the molecule is CNC(=O)c1nc(NC(=O)c2nsc3ccccc23)c2n1CC(=O)N[C@H]2c1cc(F)ccc1Cl.O=S(=O)(O)O. The Morgan fingerprint density at radius 3 is 2.59 bits per heavy atom. The molecule has 0 saturated heterocycles. The van der Waals surface area contributed by atoms with Crippen molar-refractivity contribution in [1.82, 2.24) is 24.6 Å². The van der Waals surface area contributed by atoms with Gasteiger partial charge in [0.2, 0.25) is 11.7 Å². The molecule has 0 aliphatic carbocycles. The molecule has 0 fully saturated rings. The Hall–Kier alpha value is -3.96. The van der Waals surface area contributed by atoms with Crippen molar-refractivity contribution in [3.05, 3.63) is 76.1 Å². The molecule has 1 aliphatic heterocycles. The summed E-state index contributed by atoms with van der Waals surface area (Å²) < 4.78 is 52.1. The minimum absolute atomic E-state index is 0.0333. The average Bonchev–Trinajstić information content (AvgIpc) is 3.45. The molecule has 5 N–H and O–H groups in total. The van der Waals surface area contributed by atoms with E-state index in [2.05, 4.69) is 25.3 Å². The Labute approximate surface area is 228 Å². The molecule has 13 nitrogen and oxygen atoms in total. The standard InChI is InChI=1S/C22H16ClFN6O3S.H2O4S/c1-25-22(33)20-27-19(28-21(32)17-11-4-2-3-5-14(11)34-29-17)18-16(26-15(31)9-30(18)20)12-8-10(24)6-7-13(12)23;1-5(2,3)4/h2-8,16H,9H2,1H3,(H,25,33)(H,26,31)(H,28,32);(H2,1,2,3,4)/t16-;/m0./s1. The van der Waals surface area contributed by atoms with Gasteiger partial charge in [0.05, 0.1) is 16.4 Å². The van der Waals surface area contributed by atoms with Crippen LogP contribution in [-0.4, -0.2) is 56.2 Å². The second kappa shape index (κ2) is 11.0. The van der Waals surface area contributed by atoms with E-state index in [0.717, 1.165) is 4.70 Å². The number of benzene rings is 2. The smallest absolute Gasteiger partial charge is 0.352 e. The summed E-state index contributed by atoms with van der Waals surface area (Å²) in [5, 5.41) is 8.82. The summed E-state index contributed by atoms with van der Waals surface area (Å²) in [7, 11) is -3.24. The Bertz CT molecular complexity index is 1710. The number of fused-ring (bicyclic) bond motifs is 2. The van der Waals surface area contributed by atoms with Gasteiger partial charge in [0.25, 0.3) is 11.8 Å².